The predicted octanol–water partition coefficient (Wildman–Crippen LogP) is -1.56. The van der Waals surface area contributed by atoms with Gasteiger partial charge < -0.3 is 18.9 Å². The Morgan fingerprint density at radius 2 is 0.603 bits per heavy atom. The van der Waals surface area contributed by atoms with Crippen LogP contribution in [0.3, 0.4) is 0 Å². The Morgan fingerprint density at radius 3 is 0.724 bits per heavy atom. The van der Waals surface area contributed by atoms with Gasteiger partial charge in [-0.1, -0.05) is 65.8 Å². The zero-order valence-corrected chi connectivity index (χ0v) is 37.1. The van der Waals surface area contributed by atoms with E-state index in [1.165, 1.54) is 62.3 Å². The molecule has 4 aliphatic heterocycles. The fraction of sp³-hybridized carbons (Fsp3) is 0.571. The number of hydrogen-bond acceptors (Lipinski definition) is 4. The van der Waals surface area contributed by atoms with Gasteiger partial charge in [-0.2, -0.15) is 31.3 Å². The second kappa shape index (κ2) is 24.5. The predicted molar refractivity (Wildman–Crippen MR) is 222 cm³/mol. The van der Waals surface area contributed by atoms with Gasteiger partial charge in [0.1, 0.15) is 0 Å². The third-order valence-electron chi connectivity index (χ3n) is 11.5. The number of benzene rings is 1. The van der Waals surface area contributed by atoms with Crippen molar-refractivity contribution in [1.29, 1.82) is 0 Å². The quantitative estimate of drug-likeness (QED) is 0.194. The summed E-state index contributed by atoms with van der Waals surface area (Å²) in [5, 5.41) is 13.7. The maximum atomic E-state index is 4.94. The largest absolute Gasteiger partial charge is 1.00 e. The maximum absolute atomic E-state index is 4.94. The third kappa shape index (κ3) is 12.2. The van der Waals surface area contributed by atoms with Gasteiger partial charge in [0.15, 0.2) is 24.8 Å². The summed E-state index contributed by atoms with van der Waals surface area (Å²) < 4.78 is 28.8. The minimum absolute atomic E-state index is 0. The van der Waals surface area contributed by atoms with Crippen LogP contribution < -0.4 is 69.0 Å². The van der Waals surface area contributed by atoms with Crippen molar-refractivity contribution in [1.82, 2.24) is 18.4 Å². The number of aromatic nitrogens is 8. The van der Waals surface area contributed by atoms with Crippen LogP contribution in [0, 0.1) is 0 Å². The van der Waals surface area contributed by atoms with Gasteiger partial charge >= 0.3 is 50.6 Å². The zero-order chi connectivity index (χ0) is 39.7. The molecule has 4 N–H and O–H groups in total. The third-order valence-corrected chi connectivity index (χ3v) is 11.5. The minimum atomic E-state index is -1.46. The van der Waals surface area contributed by atoms with Crippen LogP contribution in [-0.4, -0.2) is 84.1 Å². The Bertz CT molecular complexity index is 1480. The maximum Gasteiger partial charge on any atom is 1.00 e. The van der Waals surface area contributed by atoms with Crippen molar-refractivity contribution in [2.45, 2.75) is 104 Å². The van der Waals surface area contributed by atoms with Crippen LogP contribution in [0.5, 0.6) is 0 Å². The van der Waals surface area contributed by atoms with Crippen LogP contribution in [-0.2, 0) is 18.9 Å². The number of aromatic amines is 4. The van der Waals surface area contributed by atoms with Crippen molar-refractivity contribution >= 4 is 23.8 Å². The molecule has 0 saturated carbocycles. The molecule has 0 aliphatic carbocycles. The van der Waals surface area contributed by atoms with E-state index in [0.717, 1.165) is 52.9 Å². The second-order valence-corrected chi connectivity index (χ2v) is 17.4. The molecular formula is C42H70B2Li2N8O4+4. The monoisotopic (exact) mass is 787 g/mol. The zero-order valence-electron chi connectivity index (χ0n) is 37.1. The Hall–Kier alpha value is -2.78. The molecule has 4 fully saturated rings. The summed E-state index contributed by atoms with van der Waals surface area (Å²) in [7, 11) is 0. The molecule has 0 amide bonds. The van der Waals surface area contributed by atoms with E-state index >= 15 is 0 Å². The summed E-state index contributed by atoms with van der Waals surface area (Å²) in [5.41, 5.74) is 2.47. The Balaban J connectivity index is 0.000000329. The molecule has 5 aromatic rings. The van der Waals surface area contributed by atoms with E-state index in [2.05, 4.69) is 154 Å². The van der Waals surface area contributed by atoms with E-state index in [1.807, 2.05) is 24.8 Å². The van der Waals surface area contributed by atoms with Crippen molar-refractivity contribution in [2.75, 3.05) is 52.9 Å². The van der Waals surface area contributed by atoms with E-state index < -0.39 is 12.8 Å². The summed E-state index contributed by atoms with van der Waals surface area (Å²) in [4.78, 5) is 0. The summed E-state index contributed by atoms with van der Waals surface area (Å²) >= 11 is 0. The second-order valence-electron chi connectivity index (χ2n) is 17.4. The van der Waals surface area contributed by atoms with Gasteiger partial charge in [0.05, 0.1) is 0 Å². The smallest absolute Gasteiger partial charge is 0.381 e. The van der Waals surface area contributed by atoms with Gasteiger partial charge in [-0.05, 0) is 51.4 Å². The average molecular weight is 787 g/mol. The molecule has 9 rings (SSSR count). The number of nitrogens with one attached hydrogen (secondary N) is 4. The Morgan fingerprint density at radius 1 is 0.397 bits per heavy atom. The molecule has 0 spiro atoms. The molecule has 0 unspecified atom stereocenters. The molecule has 4 aliphatic rings. The number of H-pyrrole nitrogens is 4. The first-order valence-electron chi connectivity index (χ1n) is 21.1. The number of rotatable bonds is 6. The number of ether oxygens (including phenoxy) is 4. The van der Waals surface area contributed by atoms with Crippen molar-refractivity contribution in [3.05, 3.63) is 98.1 Å². The van der Waals surface area contributed by atoms with E-state index in [9.17, 15) is 0 Å². The summed E-state index contributed by atoms with van der Waals surface area (Å²) in [5.74, 6) is 0. The van der Waals surface area contributed by atoms with Crippen LogP contribution in [0.2, 0.25) is 10.6 Å². The van der Waals surface area contributed by atoms with Crippen LogP contribution in [0.1, 0.15) is 92.9 Å². The number of nitrogens with zero attached hydrogens (tertiary/aromatic N) is 4. The SMILES string of the molecule is C1CCOC1.C1CCOC1.C1CCOC1.C1CCOC1.CC(C)(C)[B-](c1ccc([B-](n2ccc[nH+]2)(n2ccc[nH+]2)C(C)(C)C)cc1)(n1ccc[nH+]1)n1ccc[nH+]1.[Li+].[Li+]. The van der Waals surface area contributed by atoms with Gasteiger partial charge in [0.2, 0.25) is 0 Å². The summed E-state index contributed by atoms with van der Waals surface area (Å²) in [6.45, 7) is 21.8. The Labute approximate surface area is 371 Å². The van der Waals surface area contributed by atoms with Crippen LogP contribution in [0.4, 0.5) is 0 Å². The van der Waals surface area contributed by atoms with E-state index in [0.29, 0.717) is 0 Å². The van der Waals surface area contributed by atoms with Crippen LogP contribution >= 0.6 is 0 Å². The number of hydrogen-bond donors (Lipinski definition) is 0. The molecular weight excluding hydrogens is 716 g/mol. The molecule has 306 valence electrons. The molecule has 4 aromatic heterocycles. The molecule has 0 radical (unpaired) electrons. The van der Waals surface area contributed by atoms with Gasteiger partial charge in [-0.25, -0.2) is 0 Å². The van der Waals surface area contributed by atoms with Gasteiger partial charge in [0, 0.05) is 102 Å². The Kier molecular flexibility index (Phi) is 20.9. The first-order chi connectivity index (χ1) is 27.1. The van der Waals surface area contributed by atoms with Crippen molar-refractivity contribution in [3.8, 4) is 0 Å². The normalized spacial score (nSPS) is 16.5. The molecule has 58 heavy (non-hydrogen) atoms. The fourth-order valence-electron chi connectivity index (χ4n) is 8.81. The van der Waals surface area contributed by atoms with Crippen molar-refractivity contribution in [2.24, 2.45) is 0 Å². The molecule has 4 saturated heterocycles. The topological polar surface area (TPSA) is 113 Å². The van der Waals surface area contributed by atoms with Crippen molar-refractivity contribution < 1.29 is 77.1 Å². The standard InChI is InChI=1S/C26H34B2N8.4C4H8O.2Li/c1-25(2,3)27(33-19-7-15-29-33,34-20-8-16-30-34)23-11-13-24(14-12-23)28(26(4,5)6,35-21-9-17-31-35)36-22-10-18-32-36;4*1-2-4-5-3-1;;/h7-22H,1-6H3;4*1-4H2;;/q-2;;;;;2*+1/p+4. The van der Waals surface area contributed by atoms with Crippen molar-refractivity contribution in [3.63, 3.8) is 0 Å². The molecule has 1 aromatic carbocycles. The van der Waals surface area contributed by atoms with Gasteiger partial charge in [0.25, 0.3) is 0 Å². The fourth-order valence-corrected chi connectivity index (χ4v) is 8.81. The summed E-state index contributed by atoms with van der Waals surface area (Å²) in [6.07, 6.45) is 23.7. The first-order valence-corrected chi connectivity index (χ1v) is 21.1. The van der Waals surface area contributed by atoms with Crippen LogP contribution in [0.25, 0.3) is 0 Å². The first kappa shape index (κ1) is 49.6. The minimum Gasteiger partial charge on any atom is -0.381 e. The summed E-state index contributed by atoms with van der Waals surface area (Å²) in [6, 6.07) is 17.4. The van der Waals surface area contributed by atoms with Gasteiger partial charge in [-0.15, -0.1) is 10.6 Å². The van der Waals surface area contributed by atoms with E-state index in [4.69, 9.17) is 18.9 Å². The molecule has 0 atom stereocenters. The molecule has 0 bridgehead atoms. The van der Waals surface area contributed by atoms with E-state index in [1.54, 1.807) is 0 Å². The van der Waals surface area contributed by atoms with E-state index in [-0.39, 0.29) is 48.3 Å². The molecule has 16 heteroatoms. The van der Waals surface area contributed by atoms with Gasteiger partial charge in [-0.3, -0.25) is 18.4 Å². The van der Waals surface area contributed by atoms with Crippen LogP contribution in [0.15, 0.2) is 98.1 Å². The molecule has 12 nitrogen and oxygen atoms in total. The molecule has 8 heterocycles. The average Bonchev–Trinajstić information content (AvgIpc) is 4.07.